The Balaban J connectivity index is 2.26. The highest BCUT2D eigenvalue weighted by Gasteiger charge is 2.14. The maximum Gasteiger partial charge on any atom is 0.242 e. The lowest BCUT2D eigenvalue weighted by atomic mass is 10.2. The number of thioether (sulfide) groups is 1. The molecule has 6 nitrogen and oxygen atoms in total. The van der Waals surface area contributed by atoms with Gasteiger partial charge in [0.2, 0.25) is 17.7 Å². The van der Waals surface area contributed by atoms with E-state index in [0.29, 0.717) is 6.54 Å². The maximum atomic E-state index is 11.8. The average Bonchev–Trinajstić information content (AvgIpc) is 2.47. The first-order chi connectivity index (χ1) is 10.9. The average molecular weight is 337 g/mol. The molecule has 0 aromatic heterocycles. The van der Waals surface area contributed by atoms with Crippen LogP contribution in [-0.2, 0) is 14.4 Å². The van der Waals surface area contributed by atoms with Crippen LogP contribution >= 0.6 is 11.8 Å². The van der Waals surface area contributed by atoms with Gasteiger partial charge >= 0.3 is 0 Å². The first-order valence-electron chi connectivity index (χ1n) is 7.43. The summed E-state index contributed by atoms with van der Waals surface area (Å²) in [6.07, 6.45) is 0. The summed E-state index contributed by atoms with van der Waals surface area (Å²) in [5.74, 6) is -0.340. The second-order valence-electron chi connectivity index (χ2n) is 5.09. The summed E-state index contributed by atoms with van der Waals surface area (Å²) in [5, 5.41) is 8.00. The van der Waals surface area contributed by atoms with Gasteiger partial charge in [0.05, 0.1) is 11.5 Å². The molecule has 0 fully saturated rings. The monoisotopic (exact) mass is 337 g/mol. The third-order valence-electron chi connectivity index (χ3n) is 2.89. The van der Waals surface area contributed by atoms with Gasteiger partial charge in [0.25, 0.3) is 0 Å². The van der Waals surface area contributed by atoms with Gasteiger partial charge < -0.3 is 16.0 Å². The van der Waals surface area contributed by atoms with Crippen LogP contribution in [0.5, 0.6) is 0 Å². The van der Waals surface area contributed by atoms with Crippen molar-refractivity contribution in [3.05, 3.63) is 29.8 Å². The number of benzene rings is 1. The molecule has 23 heavy (non-hydrogen) atoms. The van der Waals surface area contributed by atoms with Crippen LogP contribution in [-0.4, -0.2) is 41.8 Å². The van der Waals surface area contributed by atoms with Crippen molar-refractivity contribution in [3.63, 3.8) is 0 Å². The molecule has 7 heteroatoms. The summed E-state index contributed by atoms with van der Waals surface area (Å²) in [6.45, 7) is 5.91. The van der Waals surface area contributed by atoms with Gasteiger partial charge in [0, 0.05) is 12.2 Å². The van der Waals surface area contributed by atoms with Crippen molar-refractivity contribution < 1.29 is 14.4 Å². The zero-order chi connectivity index (χ0) is 17.2. The fourth-order valence-electron chi connectivity index (χ4n) is 1.83. The Bertz CT molecular complexity index is 563. The summed E-state index contributed by atoms with van der Waals surface area (Å²) in [4.78, 5) is 35.0. The highest BCUT2D eigenvalue weighted by Crippen LogP contribution is 2.10. The van der Waals surface area contributed by atoms with Gasteiger partial charge in [0.1, 0.15) is 6.04 Å². The lowest BCUT2D eigenvalue weighted by molar-refractivity contribution is -0.127. The van der Waals surface area contributed by atoms with E-state index in [-0.39, 0.29) is 29.2 Å². The van der Waals surface area contributed by atoms with Crippen LogP contribution in [0, 0.1) is 6.92 Å². The van der Waals surface area contributed by atoms with E-state index in [0.717, 1.165) is 11.3 Å². The van der Waals surface area contributed by atoms with Gasteiger partial charge in [-0.15, -0.1) is 11.8 Å². The molecule has 3 N–H and O–H groups in total. The van der Waals surface area contributed by atoms with Gasteiger partial charge in [-0.3, -0.25) is 14.4 Å². The topological polar surface area (TPSA) is 87.3 Å². The Kier molecular flexibility index (Phi) is 8.18. The first-order valence-corrected chi connectivity index (χ1v) is 8.59. The minimum Gasteiger partial charge on any atom is -0.355 e. The molecular weight excluding hydrogens is 314 g/mol. The molecular formula is C16H23N3O3S. The molecule has 1 aromatic rings. The van der Waals surface area contributed by atoms with Crippen LogP contribution in [0.2, 0.25) is 0 Å². The number of carbonyl (C=O) groups excluding carboxylic acids is 3. The Labute approximate surface area is 140 Å². The van der Waals surface area contributed by atoms with E-state index in [9.17, 15) is 14.4 Å². The zero-order valence-corrected chi connectivity index (χ0v) is 14.5. The third kappa shape index (κ3) is 7.69. The van der Waals surface area contributed by atoms with E-state index >= 15 is 0 Å². The van der Waals surface area contributed by atoms with Gasteiger partial charge in [-0.2, -0.15) is 0 Å². The molecule has 0 heterocycles. The summed E-state index contributed by atoms with van der Waals surface area (Å²) < 4.78 is 0. The second-order valence-corrected chi connectivity index (χ2v) is 6.08. The lowest BCUT2D eigenvalue weighted by Gasteiger charge is -2.13. The standard InChI is InChI=1S/C16H23N3O3S/c1-4-17-16(22)12(3)18-14(20)9-23-10-15(21)19-13-7-5-6-11(2)8-13/h5-8,12H,4,9-10H2,1-3H3,(H,17,22)(H,18,20)(H,19,21)/t12-/m0/s1. The summed E-state index contributed by atoms with van der Waals surface area (Å²) >= 11 is 1.20. The van der Waals surface area contributed by atoms with E-state index in [1.165, 1.54) is 11.8 Å². The largest absolute Gasteiger partial charge is 0.355 e. The van der Waals surface area contributed by atoms with Crippen LogP contribution < -0.4 is 16.0 Å². The van der Waals surface area contributed by atoms with Crippen molar-refractivity contribution in [2.75, 3.05) is 23.4 Å². The Morgan fingerprint density at radius 3 is 2.52 bits per heavy atom. The van der Waals surface area contributed by atoms with Crippen molar-refractivity contribution in [1.82, 2.24) is 10.6 Å². The summed E-state index contributed by atoms with van der Waals surface area (Å²) in [6, 6.07) is 6.93. The molecule has 126 valence electrons. The fraction of sp³-hybridized carbons (Fsp3) is 0.438. The predicted octanol–water partition coefficient (Wildman–Crippen LogP) is 1.31. The molecule has 0 unspecified atom stereocenters. The van der Waals surface area contributed by atoms with Crippen LogP contribution in [0.1, 0.15) is 19.4 Å². The maximum absolute atomic E-state index is 11.8. The van der Waals surface area contributed by atoms with Crippen LogP contribution in [0.4, 0.5) is 5.69 Å². The number of aryl methyl sites for hydroxylation is 1. The van der Waals surface area contributed by atoms with E-state index in [2.05, 4.69) is 16.0 Å². The second kappa shape index (κ2) is 9.89. The van der Waals surface area contributed by atoms with Crippen molar-refractivity contribution in [2.24, 2.45) is 0 Å². The molecule has 0 spiro atoms. The number of nitrogens with one attached hydrogen (secondary N) is 3. The molecule has 1 atom stereocenters. The minimum atomic E-state index is -0.579. The highest BCUT2D eigenvalue weighted by molar-refractivity contribution is 8.00. The van der Waals surface area contributed by atoms with Gasteiger partial charge in [-0.05, 0) is 38.5 Å². The zero-order valence-electron chi connectivity index (χ0n) is 13.6. The number of anilines is 1. The summed E-state index contributed by atoms with van der Waals surface area (Å²) in [7, 11) is 0. The van der Waals surface area contributed by atoms with Crippen molar-refractivity contribution in [3.8, 4) is 0 Å². The quantitative estimate of drug-likeness (QED) is 0.667. The molecule has 3 amide bonds. The number of likely N-dealkylation sites (N-methyl/N-ethyl adjacent to an activating group) is 1. The van der Waals surface area contributed by atoms with Gasteiger partial charge in [-0.1, -0.05) is 12.1 Å². The smallest absolute Gasteiger partial charge is 0.242 e. The van der Waals surface area contributed by atoms with Crippen molar-refractivity contribution >= 4 is 35.2 Å². The molecule has 0 radical (unpaired) electrons. The third-order valence-corrected chi connectivity index (χ3v) is 3.82. The normalized spacial score (nSPS) is 11.4. The van der Waals surface area contributed by atoms with Crippen LogP contribution in [0.25, 0.3) is 0 Å². The lowest BCUT2D eigenvalue weighted by Crippen LogP contribution is -2.45. The van der Waals surface area contributed by atoms with Crippen LogP contribution in [0.3, 0.4) is 0 Å². The molecule has 0 bridgehead atoms. The molecule has 0 aliphatic heterocycles. The van der Waals surface area contributed by atoms with E-state index < -0.39 is 6.04 Å². The number of carbonyl (C=O) groups is 3. The first kappa shape index (κ1) is 19.0. The number of hydrogen-bond donors (Lipinski definition) is 3. The Morgan fingerprint density at radius 1 is 1.17 bits per heavy atom. The van der Waals surface area contributed by atoms with E-state index in [1.807, 2.05) is 38.1 Å². The molecule has 0 aliphatic carbocycles. The number of hydrogen-bond acceptors (Lipinski definition) is 4. The molecule has 0 aliphatic rings. The van der Waals surface area contributed by atoms with E-state index in [4.69, 9.17) is 0 Å². The Morgan fingerprint density at radius 2 is 1.87 bits per heavy atom. The fourth-order valence-corrected chi connectivity index (χ4v) is 2.46. The minimum absolute atomic E-state index is 0.130. The summed E-state index contributed by atoms with van der Waals surface area (Å²) in [5.41, 5.74) is 1.80. The number of amides is 3. The highest BCUT2D eigenvalue weighted by atomic mass is 32.2. The molecule has 1 rings (SSSR count). The SMILES string of the molecule is CCNC(=O)[C@H](C)NC(=O)CSCC(=O)Nc1cccc(C)c1. The van der Waals surface area contributed by atoms with Crippen molar-refractivity contribution in [1.29, 1.82) is 0 Å². The van der Waals surface area contributed by atoms with Crippen LogP contribution in [0.15, 0.2) is 24.3 Å². The van der Waals surface area contributed by atoms with Gasteiger partial charge in [0.15, 0.2) is 0 Å². The van der Waals surface area contributed by atoms with Gasteiger partial charge in [-0.25, -0.2) is 0 Å². The number of rotatable bonds is 8. The predicted molar refractivity (Wildman–Crippen MR) is 93.4 cm³/mol. The van der Waals surface area contributed by atoms with E-state index in [1.54, 1.807) is 6.92 Å². The molecule has 1 aromatic carbocycles. The molecule has 0 saturated carbocycles. The van der Waals surface area contributed by atoms with Crippen molar-refractivity contribution in [2.45, 2.75) is 26.8 Å². The Hall–Kier alpha value is -2.02. The molecule has 0 saturated heterocycles.